The van der Waals surface area contributed by atoms with Gasteiger partial charge in [0.25, 0.3) is 0 Å². The van der Waals surface area contributed by atoms with Crippen molar-refractivity contribution in [1.82, 2.24) is 10.4 Å². The number of methoxy groups -OCH3 is 1. The number of benzene rings is 2. The average Bonchev–Trinajstić information content (AvgIpc) is 2.98. The maximum absolute atomic E-state index is 11.6. The number of nitrogens with zero attached hydrogens (tertiary/aromatic N) is 3. The Morgan fingerprint density at radius 3 is 2.52 bits per heavy atom. The molecule has 0 saturated heterocycles. The maximum atomic E-state index is 11.6. The highest BCUT2D eigenvalue weighted by Gasteiger charge is 2.27. The van der Waals surface area contributed by atoms with Crippen molar-refractivity contribution in [2.24, 2.45) is 10.2 Å². The molecule has 2 N–H and O–H groups in total. The second-order valence-corrected chi connectivity index (χ2v) is 9.24. The Morgan fingerprint density at radius 1 is 1.18 bits per heavy atom. The van der Waals surface area contributed by atoms with E-state index < -0.39 is 0 Å². The van der Waals surface area contributed by atoms with E-state index in [0.29, 0.717) is 17.5 Å². The molecule has 1 amide bonds. The van der Waals surface area contributed by atoms with Crippen LogP contribution in [0.4, 0.5) is 5.00 Å². The Balaban J connectivity index is 1.85. The second kappa shape index (κ2) is 9.64. The van der Waals surface area contributed by atoms with Gasteiger partial charge in [0.2, 0.25) is 11.9 Å². The Bertz CT molecular complexity index is 1230. The van der Waals surface area contributed by atoms with Gasteiger partial charge in [0, 0.05) is 28.0 Å². The molecule has 2 aromatic carbocycles. The zero-order valence-corrected chi connectivity index (χ0v) is 20.3. The molecule has 0 bridgehead atoms. The number of carbonyl (C=O) groups is 1. The molecule has 1 aliphatic rings. The number of amides is 1. The molecule has 3 aromatic rings. The number of fused-ring (bicyclic) bond motifs is 1. The summed E-state index contributed by atoms with van der Waals surface area (Å²) in [4.78, 5) is 12.8. The first-order valence-corrected chi connectivity index (χ1v) is 11.5. The zero-order chi connectivity index (χ0) is 23.5. The summed E-state index contributed by atoms with van der Waals surface area (Å²) in [6.07, 6.45) is 0. The van der Waals surface area contributed by atoms with Crippen LogP contribution >= 0.6 is 22.9 Å². The lowest BCUT2D eigenvalue weighted by molar-refractivity contribution is -0.118. The molecule has 1 aliphatic heterocycles. The number of anilines is 1. The molecule has 9 heteroatoms. The topological polar surface area (TPSA) is 78.3 Å². The van der Waals surface area contributed by atoms with Crippen LogP contribution in [0.25, 0.3) is 0 Å². The van der Waals surface area contributed by atoms with Gasteiger partial charge in [0.05, 0.1) is 13.7 Å². The number of nitrogens with one attached hydrogen (secondary N) is 2. The van der Waals surface area contributed by atoms with Gasteiger partial charge in [-0.1, -0.05) is 35.9 Å². The van der Waals surface area contributed by atoms with Gasteiger partial charge in [0.15, 0.2) is 0 Å². The third-order valence-corrected chi connectivity index (χ3v) is 6.62. The van der Waals surface area contributed by atoms with Gasteiger partial charge in [0.1, 0.15) is 16.5 Å². The first-order valence-electron chi connectivity index (χ1n) is 10.3. The Hall–Kier alpha value is -3.36. The van der Waals surface area contributed by atoms with Crippen molar-refractivity contribution in [3.8, 4) is 5.75 Å². The summed E-state index contributed by atoms with van der Waals surface area (Å²) in [7, 11) is 1.64. The lowest BCUT2D eigenvalue weighted by atomic mass is 10.0. The average molecular weight is 482 g/mol. The minimum absolute atomic E-state index is 0.265. The molecule has 0 aliphatic carbocycles. The second-order valence-electron chi connectivity index (χ2n) is 7.58. The summed E-state index contributed by atoms with van der Waals surface area (Å²) in [5, 5.41) is 16.1. The molecule has 7 nitrogen and oxygen atoms in total. The van der Waals surface area contributed by atoms with E-state index in [1.54, 1.807) is 23.5 Å². The minimum atomic E-state index is -0.265. The molecular weight excluding hydrogens is 458 g/mol. The van der Waals surface area contributed by atoms with Gasteiger partial charge in [-0.25, -0.2) is 10.4 Å². The predicted molar refractivity (Wildman–Crippen MR) is 134 cm³/mol. The SMILES string of the molecule is COc1ccc(CN2N=C(c3ccc(Cl)cc3)c3c(sc(C)c3C)N/C2=N\NC(C)=O)cc1. The highest BCUT2D eigenvalue weighted by molar-refractivity contribution is 7.17. The summed E-state index contributed by atoms with van der Waals surface area (Å²) < 4.78 is 5.27. The minimum Gasteiger partial charge on any atom is -0.497 e. The lowest BCUT2D eigenvalue weighted by Crippen LogP contribution is -2.34. The number of rotatable bonds is 5. The molecule has 1 aromatic heterocycles. The van der Waals surface area contributed by atoms with Crippen molar-refractivity contribution in [3.63, 3.8) is 0 Å². The highest BCUT2D eigenvalue weighted by Crippen LogP contribution is 2.36. The summed E-state index contributed by atoms with van der Waals surface area (Å²) in [5.41, 5.74) is 7.42. The van der Waals surface area contributed by atoms with Crippen LogP contribution in [0.2, 0.25) is 5.02 Å². The number of carbonyl (C=O) groups excluding carboxylic acids is 1. The van der Waals surface area contributed by atoms with E-state index in [1.165, 1.54) is 11.8 Å². The lowest BCUT2D eigenvalue weighted by Gasteiger charge is -2.20. The van der Waals surface area contributed by atoms with Crippen LogP contribution in [0.5, 0.6) is 5.75 Å². The first-order chi connectivity index (χ1) is 15.9. The maximum Gasteiger partial charge on any atom is 0.242 e. The van der Waals surface area contributed by atoms with Crippen molar-refractivity contribution in [2.75, 3.05) is 12.4 Å². The fraction of sp³-hybridized carbons (Fsp3) is 0.208. The van der Waals surface area contributed by atoms with Crippen molar-refractivity contribution in [3.05, 3.63) is 80.7 Å². The van der Waals surface area contributed by atoms with Crippen LogP contribution < -0.4 is 15.5 Å². The van der Waals surface area contributed by atoms with Gasteiger partial charge >= 0.3 is 0 Å². The van der Waals surface area contributed by atoms with Crippen LogP contribution in [0, 0.1) is 13.8 Å². The Kier molecular flexibility index (Phi) is 6.67. The Morgan fingerprint density at radius 2 is 1.88 bits per heavy atom. The summed E-state index contributed by atoms with van der Waals surface area (Å²) in [5.74, 6) is 0.935. The van der Waals surface area contributed by atoms with Gasteiger partial charge < -0.3 is 10.1 Å². The van der Waals surface area contributed by atoms with E-state index in [0.717, 1.165) is 38.7 Å². The van der Waals surface area contributed by atoms with Crippen molar-refractivity contribution in [1.29, 1.82) is 0 Å². The normalized spacial score (nSPS) is 14.3. The van der Waals surface area contributed by atoms with E-state index in [9.17, 15) is 4.79 Å². The van der Waals surface area contributed by atoms with Crippen LogP contribution in [0.1, 0.15) is 34.1 Å². The van der Waals surface area contributed by atoms with E-state index >= 15 is 0 Å². The molecule has 0 saturated carbocycles. The van der Waals surface area contributed by atoms with Crippen molar-refractivity contribution >= 4 is 45.5 Å². The molecule has 0 unspecified atom stereocenters. The van der Waals surface area contributed by atoms with E-state index in [4.69, 9.17) is 21.4 Å². The smallest absolute Gasteiger partial charge is 0.242 e. The predicted octanol–water partition coefficient (Wildman–Crippen LogP) is 5.11. The molecule has 4 rings (SSSR count). The Labute approximate surface area is 201 Å². The van der Waals surface area contributed by atoms with Gasteiger partial charge in [-0.2, -0.15) is 5.10 Å². The fourth-order valence-electron chi connectivity index (χ4n) is 3.43. The number of hydrogen-bond donors (Lipinski definition) is 2. The number of halogens is 1. The monoisotopic (exact) mass is 481 g/mol. The zero-order valence-electron chi connectivity index (χ0n) is 18.8. The van der Waals surface area contributed by atoms with E-state index in [2.05, 4.69) is 29.7 Å². The first kappa shape index (κ1) is 22.8. The summed E-state index contributed by atoms with van der Waals surface area (Å²) in [6.45, 7) is 6.01. The third kappa shape index (κ3) is 5.02. The number of thiophene rings is 1. The molecule has 33 heavy (non-hydrogen) atoms. The molecule has 0 radical (unpaired) electrons. The molecule has 170 valence electrons. The van der Waals surface area contributed by atoms with Crippen LogP contribution in [-0.2, 0) is 11.3 Å². The fourth-order valence-corrected chi connectivity index (χ4v) is 4.61. The van der Waals surface area contributed by atoms with Gasteiger partial charge in [-0.05, 0) is 49.2 Å². The van der Waals surface area contributed by atoms with E-state index in [1.807, 2.05) is 48.5 Å². The number of aryl methyl sites for hydroxylation is 1. The number of hydrazone groups is 2. The number of hydrogen-bond acceptors (Lipinski definition) is 5. The van der Waals surface area contributed by atoms with Gasteiger partial charge in [-0.3, -0.25) is 4.79 Å². The molecule has 0 atom stereocenters. The number of guanidine groups is 1. The summed E-state index contributed by atoms with van der Waals surface area (Å²) >= 11 is 7.77. The van der Waals surface area contributed by atoms with Crippen molar-refractivity contribution < 1.29 is 9.53 Å². The largest absolute Gasteiger partial charge is 0.497 e. The standard InChI is InChI=1S/C24H24ClN5O2S/c1-14-15(2)33-23-21(14)22(18-7-9-19(25)10-8-18)29-30(24(26-23)28-27-16(3)31)13-17-5-11-20(32-4)12-6-17/h5-12H,13H2,1-4H3,(H,26,28)(H,27,31). The van der Waals surface area contributed by atoms with E-state index in [-0.39, 0.29) is 5.91 Å². The van der Waals surface area contributed by atoms with Crippen LogP contribution in [0.3, 0.4) is 0 Å². The molecular formula is C24H24ClN5O2S. The quantitative estimate of drug-likeness (QED) is 0.496. The molecule has 0 spiro atoms. The third-order valence-electron chi connectivity index (χ3n) is 5.24. The van der Waals surface area contributed by atoms with Crippen LogP contribution in [0.15, 0.2) is 58.7 Å². The van der Waals surface area contributed by atoms with Gasteiger partial charge in [-0.15, -0.1) is 16.4 Å². The number of ether oxygens (including phenoxy) is 1. The molecule has 2 heterocycles. The van der Waals surface area contributed by atoms with Crippen molar-refractivity contribution in [2.45, 2.75) is 27.3 Å². The molecule has 0 fully saturated rings. The highest BCUT2D eigenvalue weighted by atomic mass is 35.5. The van der Waals surface area contributed by atoms with Crippen LogP contribution in [-0.4, -0.2) is 29.7 Å². The summed E-state index contributed by atoms with van der Waals surface area (Å²) in [6, 6.07) is 15.4.